The molecule has 1 N–H and O–H groups in total. The van der Waals surface area contributed by atoms with Crippen LogP contribution in [0.4, 0.5) is 5.69 Å². The van der Waals surface area contributed by atoms with Gasteiger partial charge >= 0.3 is 5.97 Å². The number of aryl methyl sites for hydroxylation is 1. The van der Waals surface area contributed by atoms with Gasteiger partial charge in [-0.05, 0) is 24.1 Å². The van der Waals surface area contributed by atoms with Gasteiger partial charge in [-0.2, -0.15) is 0 Å². The molecule has 0 bridgehead atoms. The van der Waals surface area contributed by atoms with Crippen LogP contribution >= 0.6 is 0 Å². The molecule has 108 valence electrons. The number of ether oxygens (including phenoxy) is 1. The Morgan fingerprint density at radius 1 is 1.19 bits per heavy atom. The number of methoxy groups -OCH3 is 1. The molecular formula is C15H15N3O3. The Hall–Kier alpha value is -2.76. The van der Waals surface area contributed by atoms with E-state index in [4.69, 9.17) is 0 Å². The number of nitrogens with zero attached hydrogens (tertiary/aromatic N) is 2. The fourth-order valence-electron chi connectivity index (χ4n) is 1.81. The van der Waals surface area contributed by atoms with Gasteiger partial charge in [-0.15, -0.1) is 0 Å². The monoisotopic (exact) mass is 285 g/mol. The minimum Gasteiger partial charge on any atom is -0.465 e. The molecule has 0 atom stereocenters. The Morgan fingerprint density at radius 2 is 1.90 bits per heavy atom. The van der Waals surface area contributed by atoms with Crippen molar-refractivity contribution >= 4 is 17.6 Å². The van der Waals surface area contributed by atoms with E-state index >= 15 is 0 Å². The lowest BCUT2D eigenvalue weighted by atomic mass is 10.1. The van der Waals surface area contributed by atoms with Crippen LogP contribution in [0.25, 0.3) is 0 Å². The fourth-order valence-corrected chi connectivity index (χ4v) is 1.81. The molecule has 6 heteroatoms. The van der Waals surface area contributed by atoms with Crippen LogP contribution in [0.2, 0.25) is 0 Å². The van der Waals surface area contributed by atoms with Crippen LogP contribution in [0.5, 0.6) is 0 Å². The van der Waals surface area contributed by atoms with E-state index in [1.54, 1.807) is 36.7 Å². The Kier molecular flexibility index (Phi) is 4.98. The molecule has 0 unspecified atom stereocenters. The second-order valence-electron chi connectivity index (χ2n) is 4.33. The summed E-state index contributed by atoms with van der Waals surface area (Å²) >= 11 is 0. The van der Waals surface area contributed by atoms with Gasteiger partial charge < -0.3 is 10.1 Å². The highest BCUT2D eigenvalue weighted by molar-refractivity contribution is 6.01. The molecule has 0 fully saturated rings. The number of benzene rings is 1. The first kappa shape index (κ1) is 14.6. The van der Waals surface area contributed by atoms with Crippen molar-refractivity contribution in [3.8, 4) is 0 Å². The van der Waals surface area contributed by atoms with Crippen molar-refractivity contribution in [3.63, 3.8) is 0 Å². The summed E-state index contributed by atoms with van der Waals surface area (Å²) < 4.78 is 4.68. The summed E-state index contributed by atoms with van der Waals surface area (Å²) in [5.74, 6) is -0.669. The second-order valence-corrected chi connectivity index (χ2v) is 4.33. The molecule has 1 aromatic carbocycles. The van der Waals surface area contributed by atoms with Gasteiger partial charge in [0, 0.05) is 18.8 Å². The number of hydrogen-bond donors (Lipinski definition) is 1. The Labute approximate surface area is 122 Å². The van der Waals surface area contributed by atoms with Gasteiger partial charge in [0.2, 0.25) is 5.91 Å². The molecule has 0 aliphatic rings. The Morgan fingerprint density at radius 3 is 2.62 bits per heavy atom. The molecule has 0 saturated heterocycles. The van der Waals surface area contributed by atoms with Crippen LogP contribution < -0.4 is 5.32 Å². The zero-order valence-corrected chi connectivity index (χ0v) is 11.6. The second kappa shape index (κ2) is 7.14. The maximum absolute atomic E-state index is 11.9. The highest BCUT2D eigenvalue weighted by atomic mass is 16.5. The summed E-state index contributed by atoms with van der Waals surface area (Å²) in [6.07, 6.45) is 5.59. The van der Waals surface area contributed by atoms with Crippen LogP contribution in [0, 0.1) is 0 Å². The lowest BCUT2D eigenvalue weighted by molar-refractivity contribution is -0.116. The molecule has 6 nitrogen and oxygen atoms in total. The van der Waals surface area contributed by atoms with Crippen LogP contribution in [0.3, 0.4) is 0 Å². The lowest BCUT2D eigenvalue weighted by Gasteiger charge is -2.09. The quantitative estimate of drug-likeness (QED) is 0.848. The minimum absolute atomic E-state index is 0.185. The van der Waals surface area contributed by atoms with Crippen LogP contribution in [-0.4, -0.2) is 29.0 Å². The van der Waals surface area contributed by atoms with E-state index in [1.165, 1.54) is 13.4 Å². The van der Waals surface area contributed by atoms with Crippen molar-refractivity contribution < 1.29 is 14.3 Å². The highest BCUT2D eigenvalue weighted by Gasteiger charge is 2.13. The lowest BCUT2D eigenvalue weighted by Crippen LogP contribution is -2.15. The molecule has 0 saturated carbocycles. The summed E-state index contributed by atoms with van der Waals surface area (Å²) in [6.45, 7) is 0. The predicted octanol–water partition coefficient (Wildman–Crippen LogP) is 1.83. The van der Waals surface area contributed by atoms with Gasteiger partial charge in [0.1, 0.15) is 6.33 Å². The molecule has 1 amide bonds. The minimum atomic E-state index is -0.484. The zero-order valence-electron chi connectivity index (χ0n) is 11.6. The van der Waals surface area contributed by atoms with Crippen LogP contribution in [0.1, 0.15) is 22.3 Å². The number of hydrogen-bond acceptors (Lipinski definition) is 5. The topological polar surface area (TPSA) is 81.2 Å². The highest BCUT2D eigenvalue weighted by Crippen LogP contribution is 2.16. The van der Waals surface area contributed by atoms with E-state index in [0.29, 0.717) is 17.7 Å². The molecule has 0 aliphatic heterocycles. The normalized spacial score (nSPS) is 9.95. The van der Waals surface area contributed by atoms with Gasteiger partial charge in [-0.3, -0.25) is 4.79 Å². The van der Waals surface area contributed by atoms with Crippen molar-refractivity contribution in [1.82, 2.24) is 9.97 Å². The summed E-state index contributed by atoms with van der Waals surface area (Å²) in [5, 5.41) is 2.72. The number of rotatable bonds is 5. The summed E-state index contributed by atoms with van der Waals surface area (Å²) in [6, 6.07) is 6.72. The van der Waals surface area contributed by atoms with Gasteiger partial charge in [0.05, 0.1) is 18.4 Å². The number of esters is 1. The molecule has 2 rings (SSSR count). The zero-order chi connectivity index (χ0) is 15.1. The molecule has 2 aromatic rings. The van der Waals surface area contributed by atoms with Crippen molar-refractivity contribution in [2.45, 2.75) is 12.8 Å². The van der Waals surface area contributed by atoms with E-state index in [2.05, 4.69) is 20.0 Å². The third kappa shape index (κ3) is 4.10. The van der Waals surface area contributed by atoms with Gasteiger partial charge in [0.15, 0.2) is 0 Å². The maximum atomic E-state index is 11.9. The Bertz CT molecular complexity index is 629. The number of anilines is 1. The molecule has 0 spiro atoms. The van der Waals surface area contributed by atoms with E-state index in [-0.39, 0.29) is 12.3 Å². The van der Waals surface area contributed by atoms with Crippen molar-refractivity contribution in [2.24, 2.45) is 0 Å². The first-order valence-corrected chi connectivity index (χ1v) is 6.42. The first-order chi connectivity index (χ1) is 10.2. The van der Waals surface area contributed by atoms with Gasteiger partial charge in [-0.25, -0.2) is 14.8 Å². The summed E-state index contributed by atoms with van der Waals surface area (Å²) in [4.78, 5) is 31.3. The SMILES string of the molecule is COC(=O)c1ccccc1NC(=O)CCc1cncnc1. The summed E-state index contributed by atoms with van der Waals surface area (Å²) in [7, 11) is 1.30. The molecule has 21 heavy (non-hydrogen) atoms. The van der Waals surface area contributed by atoms with Crippen molar-refractivity contribution in [1.29, 1.82) is 0 Å². The number of aromatic nitrogens is 2. The van der Waals surface area contributed by atoms with E-state index in [9.17, 15) is 9.59 Å². The number of para-hydroxylation sites is 1. The largest absolute Gasteiger partial charge is 0.465 e. The average molecular weight is 285 g/mol. The van der Waals surface area contributed by atoms with Crippen molar-refractivity contribution in [3.05, 3.63) is 54.1 Å². The number of carbonyl (C=O) groups is 2. The van der Waals surface area contributed by atoms with Crippen molar-refractivity contribution in [2.75, 3.05) is 12.4 Å². The van der Waals surface area contributed by atoms with E-state index in [0.717, 1.165) is 5.56 Å². The Balaban J connectivity index is 1.98. The fraction of sp³-hybridized carbons (Fsp3) is 0.200. The van der Waals surface area contributed by atoms with Crippen LogP contribution in [-0.2, 0) is 16.0 Å². The maximum Gasteiger partial charge on any atom is 0.339 e. The molecule has 0 radical (unpaired) electrons. The number of carbonyl (C=O) groups excluding carboxylic acids is 2. The third-order valence-corrected chi connectivity index (χ3v) is 2.86. The van der Waals surface area contributed by atoms with Crippen LogP contribution in [0.15, 0.2) is 43.0 Å². The number of amides is 1. The molecule has 0 aliphatic carbocycles. The first-order valence-electron chi connectivity index (χ1n) is 6.42. The molecule has 1 aromatic heterocycles. The van der Waals surface area contributed by atoms with Gasteiger partial charge in [-0.1, -0.05) is 12.1 Å². The average Bonchev–Trinajstić information content (AvgIpc) is 2.54. The smallest absolute Gasteiger partial charge is 0.339 e. The third-order valence-electron chi connectivity index (χ3n) is 2.86. The van der Waals surface area contributed by atoms with E-state index < -0.39 is 5.97 Å². The van der Waals surface area contributed by atoms with E-state index in [1.807, 2.05) is 0 Å². The summed E-state index contributed by atoms with van der Waals surface area (Å²) in [5.41, 5.74) is 1.66. The number of nitrogens with one attached hydrogen (secondary N) is 1. The standard InChI is InChI=1S/C15H15N3O3/c1-21-15(20)12-4-2-3-5-13(12)18-14(19)7-6-11-8-16-10-17-9-11/h2-5,8-10H,6-7H2,1H3,(H,18,19). The molecule has 1 heterocycles. The molecular weight excluding hydrogens is 270 g/mol. The van der Waals surface area contributed by atoms with Gasteiger partial charge in [0.25, 0.3) is 0 Å². The predicted molar refractivity (Wildman–Crippen MR) is 76.8 cm³/mol.